The molecule has 3 rings (SSSR count). The van der Waals surface area contributed by atoms with Crippen molar-refractivity contribution in [3.8, 4) is 0 Å². The second kappa shape index (κ2) is 6.77. The number of benzene rings is 1. The molecule has 0 aliphatic carbocycles. The molecule has 0 radical (unpaired) electrons. The maximum atomic E-state index is 5.82. The van der Waals surface area contributed by atoms with E-state index in [1.807, 2.05) is 0 Å². The van der Waals surface area contributed by atoms with Crippen molar-refractivity contribution in [2.75, 3.05) is 38.6 Å². The van der Waals surface area contributed by atoms with Gasteiger partial charge in [-0.2, -0.15) is 5.10 Å². The lowest BCUT2D eigenvalue weighted by Gasteiger charge is -2.33. The molecule has 1 saturated heterocycles. The molecular formula is C16H23ClN4. The topological polar surface area (TPSA) is 24.3 Å². The minimum Gasteiger partial charge on any atom is -0.300 e. The molecule has 4 nitrogen and oxygen atoms in total. The van der Waals surface area contributed by atoms with E-state index in [1.54, 1.807) is 0 Å². The van der Waals surface area contributed by atoms with Crippen LogP contribution < -0.4 is 0 Å². The molecule has 0 saturated carbocycles. The first-order chi connectivity index (χ1) is 10.3. The van der Waals surface area contributed by atoms with Crippen LogP contribution in [0.2, 0.25) is 0 Å². The Kier molecular flexibility index (Phi) is 4.78. The lowest BCUT2D eigenvalue weighted by molar-refractivity contribution is 0.131. The highest BCUT2D eigenvalue weighted by molar-refractivity contribution is 6.18. The minimum absolute atomic E-state index is 0.728. The third-order valence-corrected chi connectivity index (χ3v) is 4.44. The Labute approximate surface area is 131 Å². The second-order valence-electron chi connectivity index (χ2n) is 5.59. The zero-order valence-corrected chi connectivity index (χ0v) is 13.4. The Morgan fingerprint density at radius 2 is 1.81 bits per heavy atom. The maximum absolute atomic E-state index is 5.82. The van der Waals surface area contributed by atoms with Gasteiger partial charge in [-0.3, -0.25) is 14.5 Å². The Bertz CT molecular complexity index is 587. The van der Waals surface area contributed by atoms with Crippen LogP contribution in [-0.2, 0) is 13.1 Å². The van der Waals surface area contributed by atoms with Crippen molar-refractivity contribution >= 4 is 22.5 Å². The summed E-state index contributed by atoms with van der Waals surface area (Å²) < 4.78 is 2.11. The summed E-state index contributed by atoms with van der Waals surface area (Å²) in [5.41, 5.74) is 2.45. The van der Waals surface area contributed by atoms with Gasteiger partial charge in [0.15, 0.2) is 0 Å². The number of aryl methyl sites for hydroxylation is 1. The van der Waals surface area contributed by atoms with Crippen LogP contribution in [-0.4, -0.2) is 58.2 Å². The Hall–Kier alpha value is -1.10. The van der Waals surface area contributed by atoms with Crippen molar-refractivity contribution in [3.63, 3.8) is 0 Å². The summed E-state index contributed by atoms with van der Waals surface area (Å²) in [6.07, 6.45) is 0. The zero-order chi connectivity index (χ0) is 14.7. The van der Waals surface area contributed by atoms with E-state index in [9.17, 15) is 0 Å². The summed E-state index contributed by atoms with van der Waals surface area (Å²) in [6, 6.07) is 8.54. The van der Waals surface area contributed by atoms with Crippen LogP contribution in [0.4, 0.5) is 0 Å². The predicted octanol–water partition coefficient (Wildman–Crippen LogP) is 2.41. The van der Waals surface area contributed by atoms with E-state index < -0.39 is 0 Å². The number of para-hydroxylation sites is 1. The Morgan fingerprint density at radius 3 is 2.52 bits per heavy atom. The zero-order valence-electron chi connectivity index (χ0n) is 12.6. The molecule has 0 spiro atoms. The highest BCUT2D eigenvalue weighted by atomic mass is 35.5. The lowest BCUT2D eigenvalue weighted by atomic mass is 10.2. The van der Waals surface area contributed by atoms with Gasteiger partial charge in [0.2, 0.25) is 0 Å². The van der Waals surface area contributed by atoms with Crippen LogP contribution in [0.3, 0.4) is 0 Å². The van der Waals surface area contributed by atoms with Crippen LogP contribution in [0, 0.1) is 0 Å². The van der Waals surface area contributed by atoms with E-state index in [1.165, 1.54) is 16.6 Å². The minimum atomic E-state index is 0.728. The first-order valence-electron chi connectivity index (χ1n) is 7.77. The first kappa shape index (κ1) is 14.8. The van der Waals surface area contributed by atoms with Gasteiger partial charge in [-0.25, -0.2) is 0 Å². The third-order valence-electron chi connectivity index (χ3n) is 4.27. The monoisotopic (exact) mass is 306 g/mol. The second-order valence-corrected chi connectivity index (χ2v) is 5.96. The van der Waals surface area contributed by atoms with Gasteiger partial charge in [-0.05, 0) is 13.0 Å². The highest BCUT2D eigenvalue weighted by Crippen LogP contribution is 2.20. The van der Waals surface area contributed by atoms with Crippen LogP contribution in [0.25, 0.3) is 10.9 Å². The number of alkyl halides is 1. The number of halogens is 1. The fraction of sp³-hybridized carbons (Fsp3) is 0.562. The molecule has 5 heteroatoms. The van der Waals surface area contributed by atoms with Gasteiger partial charge < -0.3 is 0 Å². The number of rotatable bonds is 5. The molecule has 0 N–H and O–H groups in total. The summed E-state index contributed by atoms with van der Waals surface area (Å²) in [6.45, 7) is 9.44. The van der Waals surface area contributed by atoms with Crippen LogP contribution in [0.5, 0.6) is 0 Å². The molecule has 114 valence electrons. The maximum Gasteiger partial charge on any atom is 0.0843 e. The number of aromatic nitrogens is 2. The standard InChI is InChI=1S/C16H23ClN4/c1-2-21-16-6-4-3-5-14(16)15(18-21)13-20-11-9-19(8-7-17)10-12-20/h3-6H,2,7-13H2,1H3. The molecule has 0 amide bonds. The molecule has 1 fully saturated rings. The van der Waals surface area contributed by atoms with Gasteiger partial charge >= 0.3 is 0 Å². The summed E-state index contributed by atoms with van der Waals surface area (Å²) in [5.74, 6) is 0.728. The number of hydrogen-bond donors (Lipinski definition) is 0. The molecule has 1 aromatic carbocycles. The quantitative estimate of drug-likeness (QED) is 0.793. The van der Waals surface area contributed by atoms with E-state index in [-0.39, 0.29) is 0 Å². The summed E-state index contributed by atoms with van der Waals surface area (Å²) in [5, 5.41) is 6.09. The number of hydrogen-bond acceptors (Lipinski definition) is 3. The molecule has 2 heterocycles. The molecule has 2 aromatic rings. The van der Waals surface area contributed by atoms with Crippen molar-refractivity contribution < 1.29 is 0 Å². The molecule has 1 aliphatic heterocycles. The fourth-order valence-corrected chi connectivity index (χ4v) is 3.30. The van der Waals surface area contributed by atoms with E-state index in [2.05, 4.69) is 45.7 Å². The van der Waals surface area contributed by atoms with E-state index in [0.717, 1.165) is 51.7 Å². The van der Waals surface area contributed by atoms with Gasteiger partial charge in [0.1, 0.15) is 0 Å². The molecule has 21 heavy (non-hydrogen) atoms. The van der Waals surface area contributed by atoms with E-state index in [4.69, 9.17) is 16.7 Å². The Morgan fingerprint density at radius 1 is 1.10 bits per heavy atom. The largest absolute Gasteiger partial charge is 0.300 e. The number of fused-ring (bicyclic) bond motifs is 1. The number of nitrogens with zero attached hydrogens (tertiary/aromatic N) is 4. The average Bonchev–Trinajstić information content (AvgIpc) is 2.88. The average molecular weight is 307 g/mol. The van der Waals surface area contributed by atoms with Crippen LogP contribution >= 0.6 is 11.6 Å². The van der Waals surface area contributed by atoms with Gasteiger partial charge in [0, 0.05) is 57.1 Å². The van der Waals surface area contributed by atoms with Gasteiger partial charge in [0.25, 0.3) is 0 Å². The van der Waals surface area contributed by atoms with Gasteiger partial charge in [0.05, 0.1) is 11.2 Å². The summed E-state index contributed by atoms with van der Waals surface area (Å²) >= 11 is 5.82. The smallest absolute Gasteiger partial charge is 0.0843 e. The summed E-state index contributed by atoms with van der Waals surface area (Å²) in [7, 11) is 0. The lowest BCUT2D eigenvalue weighted by Crippen LogP contribution is -2.46. The van der Waals surface area contributed by atoms with Crippen molar-refractivity contribution in [2.45, 2.75) is 20.0 Å². The molecule has 0 atom stereocenters. The first-order valence-corrected chi connectivity index (χ1v) is 8.30. The van der Waals surface area contributed by atoms with Crippen molar-refractivity contribution in [1.29, 1.82) is 0 Å². The molecule has 0 unspecified atom stereocenters. The van der Waals surface area contributed by atoms with Gasteiger partial charge in [-0.1, -0.05) is 18.2 Å². The normalized spacial score (nSPS) is 17.6. The van der Waals surface area contributed by atoms with Crippen molar-refractivity contribution in [1.82, 2.24) is 19.6 Å². The van der Waals surface area contributed by atoms with Crippen molar-refractivity contribution in [2.24, 2.45) is 0 Å². The third kappa shape index (κ3) is 3.23. The van der Waals surface area contributed by atoms with Gasteiger partial charge in [-0.15, -0.1) is 11.6 Å². The van der Waals surface area contributed by atoms with Crippen LogP contribution in [0.15, 0.2) is 24.3 Å². The van der Waals surface area contributed by atoms with Crippen LogP contribution in [0.1, 0.15) is 12.6 Å². The summed E-state index contributed by atoms with van der Waals surface area (Å²) in [4.78, 5) is 4.94. The SMILES string of the molecule is CCn1nc(CN2CCN(CCCl)CC2)c2ccccc21. The molecule has 0 bridgehead atoms. The molecule has 1 aromatic heterocycles. The number of piperazine rings is 1. The van der Waals surface area contributed by atoms with E-state index >= 15 is 0 Å². The predicted molar refractivity (Wildman–Crippen MR) is 87.8 cm³/mol. The molecule has 1 aliphatic rings. The highest BCUT2D eigenvalue weighted by Gasteiger charge is 2.18. The Balaban J connectivity index is 1.71. The fourth-order valence-electron chi connectivity index (χ4n) is 3.06. The molecular weight excluding hydrogens is 284 g/mol. The van der Waals surface area contributed by atoms with Crippen molar-refractivity contribution in [3.05, 3.63) is 30.0 Å². The van der Waals surface area contributed by atoms with E-state index in [0.29, 0.717) is 0 Å².